The van der Waals surface area contributed by atoms with Crippen LogP contribution in [0.15, 0.2) is 30.5 Å². The molecule has 1 heterocycles. The van der Waals surface area contributed by atoms with Crippen molar-refractivity contribution >= 4 is 32.5 Å². The van der Waals surface area contributed by atoms with Crippen LogP contribution < -0.4 is 9.69 Å². The van der Waals surface area contributed by atoms with Crippen LogP contribution in [0.25, 0.3) is 10.9 Å². The van der Waals surface area contributed by atoms with Gasteiger partial charge >= 0.3 is 7.98 Å². The third-order valence-corrected chi connectivity index (χ3v) is 1.55. The molecule has 0 bridgehead atoms. The van der Waals surface area contributed by atoms with E-state index in [9.17, 15) is 0 Å². The Bertz CT molecular complexity index is 393. The van der Waals surface area contributed by atoms with Gasteiger partial charge in [0.2, 0.25) is 0 Å². The average Bonchev–Trinajstić information content (AvgIpc) is 2.67. The van der Waals surface area contributed by atoms with Gasteiger partial charge in [-0.3, -0.25) is 13.6 Å². The monoisotopic (exact) mass is 389 g/mol. The third kappa shape index (κ3) is 5.01. The van der Waals surface area contributed by atoms with Gasteiger partial charge in [-0.05, 0) is 0 Å². The number of carbonyl (C=O) groups excluding carboxylic acids is 2. The molecule has 0 N–H and O–H groups in total. The van der Waals surface area contributed by atoms with Gasteiger partial charge in [-0.25, -0.2) is 0 Å². The summed E-state index contributed by atoms with van der Waals surface area (Å²) in [7, 11) is 3.71. The first-order valence-electron chi connectivity index (χ1n) is 3.59. The molecule has 6 heteroatoms. The second kappa shape index (κ2) is 11.8. The summed E-state index contributed by atoms with van der Waals surface area (Å²) in [5.74, 6) is 0. The molecular formula is C10H11BN2O2Re-3. The predicted molar refractivity (Wildman–Crippen MR) is 59.9 cm³/mol. The van der Waals surface area contributed by atoms with Gasteiger partial charge in [0, 0.05) is 31.9 Å². The molecule has 0 aliphatic carbocycles. The van der Waals surface area contributed by atoms with Crippen LogP contribution in [0.4, 0.5) is 0 Å². The van der Waals surface area contributed by atoms with E-state index in [1.165, 1.54) is 0 Å². The quantitative estimate of drug-likeness (QED) is 0.352. The van der Waals surface area contributed by atoms with Crippen molar-refractivity contribution in [1.29, 1.82) is 0 Å². The molecule has 4 nitrogen and oxygen atoms in total. The fourth-order valence-corrected chi connectivity index (χ4v) is 1.03. The second-order valence-electron chi connectivity index (χ2n) is 2.20. The van der Waals surface area contributed by atoms with Gasteiger partial charge in [-0.15, -0.1) is 6.20 Å². The van der Waals surface area contributed by atoms with E-state index in [-0.39, 0.29) is 27.8 Å². The van der Waals surface area contributed by atoms with Crippen molar-refractivity contribution in [3.05, 3.63) is 37.9 Å². The standard InChI is InChI=1S/C7H6BN2.2CHO.CH3.Re/c8-10-7-4-2-1-3-6(7)5-9-10;2*1-2;;/h1-5,8H;2*1H;1H3;/q;3*-1;. The molecule has 2 rings (SSSR count). The number of nitrogens with zero attached hydrogens (tertiary/aromatic N) is 2. The van der Waals surface area contributed by atoms with Crippen molar-refractivity contribution < 1.29 is 34.6 Å². The summed E-state index contributed by atoms with van der Waals surface area (Å²) in [6, 6.07) is 7.98. The Labute approximate surface area is 110 Å². The molecule has 0 aliphatic rings. The van der Waals surface area contributed by atoms with E-state index >= 15 is 0 Å². The number of rotatable bonds is 0. The van der Waals surface area contributed by atoms with E-state index in [1.807, 2.05) is 30.5 Å². The molecule has 86 valence electrons. The SMILES string of the molecule is [BH][n+]1[n-]cc2ccccc21.[CH-]=O.[CH-]=O.[CH3-].[Re]. The summed E-state index contributed by atoms with van der Waals surface area (Å²) in [5.41, 5.74) is 1.07. The van der Waals surface area contributed by atoms with Crippen molar-refractivity contribution in [3.63, 3.8) is 0 Å². The van der Waals surface area contributed by atoms with E-state index in [2.05, 4.69) is 26.7 Å². The molecule has 0 fully saturated rings. The first kappa shape index (κ1) is 20.2. The van der Waals surface area contributed by atoms with Gasteiger partial charge in [0.05, 0.1) is 0 Å². The Hall–Kier alpha value is -1.24. The van der Waals surface area contributed by atoms with Gasteiger partial charge in [0.1, 0.15) is 0 Å². The first-order valence-corrected chi connectivity index (χ1v) is 3.59. The normalized spacial score (nSPS) is 7.00. The number of hydrogen-bond donors (Lipinski definition) is 0. The van der Waals surface area contributed by atoms with E-state index < -0.39 is 0 Å². The molecule has 0 atom stereocenters. The van der Waals surface area contributed by atoms with Gasteiger partial charge in [0.15, 0.2) is 5.52 Å². The van der Waals surface area contributed by atoms with Gasteiger partial charge < -0.3 is 26.7 Å². The van der Waals surface area contributed by atoms with E-state index in [0.29, 0.717) is 0 Å². The van der Waals surface area contributed by atoms with Crippen LogP contribution in [0.1, 0.15) is 0 Å². The van der Waals surface area contributed by atoms with Crippen molar-refractivity contribution in [1.82, 2.24) is 5.10 Å². The zero-order valence-electron chi connectivity index (χ0n) is 8.84. The average molecular weight is 388 g/mol. The molecule has 16 heavy (non-hydrogen) atoms. The van der Waals surface area contributed by atoms with E-state index in [0.717, 1.165) is 10.9 Å². The molecule has 0 saturated heterocycles. The summed E-state index contributed by atoms with van der Waals surface area (Å²) >= 11 is 0. The molecule has 0 unspecified atom stereocenters. The van der Waals surface area contributed by atoms with Crippen LogP contribution in [-0.2, 0) is 30.0 Å². The molecule has 1 aromatic heterocycles. The predicted octanol–water partition coefficient (Wildman–Crippen LogP) is -0.352. The Morgan fingerprint density at radius 2 is 1.62 bits per heavy atom. The summed E-state index contributed by atoms with van der Waals surface area (Å²) in [6.45, 7) is 6.50. The number of hydrogen-bond acceptors (Lipinski definition) is 2. The Morgan fingerprint density at radius 3 is 2.12 bits per heavy atom. The maximum absolute atomic E-state index is 7.75. The third-order valence-electron chi connectivity index (χ3n) is 1.55. The number of fused-ring (bicyclic) bond motifs is 1. The molecular weight excluding hydrogens is 377 g/mol. The largest absolute Gasteiger partial charge is 0.545 e. The van der Waals surface area contributed by atoms with Gasteiger partial charge in [-0.2, -0.15) is 0 Å². The molecule has 2 aromatic rings. The van der Waals surface area contributed by atoms with Gasteiger partial charge in [0.25, 0.3) is 0 Å². The maximum Gasteiger partial charge on any atom is 0.508 e. The minimum absolute atomic E-state index is 0. The molecule has 0 amide bonds. The second-order valence-corrected chi connectivity index (χ2v) is 2.20. The summed E-state index contributed by atoms with van der Waals surface area (Å²) < 4.78 is 1.62. The van der Waals surface area contributed by atoms with E-state index in [1.54, 1.807) is 4.59 Å². The molecule has 0 spiro atoms. The molecule has 0 aliphatic heterocycles. The molecule has 0 saturated carbocycles. The summed E-state index contributed by atoms with van der Waals surface area (Å²) in [5, 5.41) is 5.14. The van der Waals surface area contributed by atoms with Crippen molar-refractivity contribution in [3.8, 4) is 0 Å². The Morgan fingerprint density at radius 1 is 1.12 bits per heavy atom. The fourth-order valence-electron chi connectivity index (χ4n) is 1.03. The van der Waals surface area contributed by atoms with E-state index in [4.69, 9.17) is 9.59 Å². The Kier molecular flexibility index (Phi) is 14.9. The van der Waals surface area contributed by atoms with Crippen LogP contribution in [0, 0.1) is 7.43 Å². The molecule has 2 radical (unpaired) electrons. The number of aromatic nitrogens is 2. The smallest absolute Gasteiger partial charge is 0.508 e. The van der Waals surface area contributed by atoms with Crippen LogP contribution in [0.3, 0.4) is 0 Å². The van der Waals surface area contributed by atoms with Crippen molar-refractivity contribution in [2.75, 3.05) is 0 Å². The minimum atomic E-state index is 0. The summed E-state index contributed by atoms with van der Waals surface area (Å²) in [4.78, 5) is 15.5. The van der Waals surface area contributed by atoms with Crippen molar-refractivity contribution in [2.45, 2.75) is 0 Å². The number of benzene rings is 1. The fraction of sp³-hybridized carbons (Fsp3) is 0. The van der Waals surface area contributed by atoms with Crippen molar-refractivity contribution in [2.24, 2.45) is 0 Å². The number of para-hydroxylation sites is 1. The zero-order chi connectivity index (χ0) is 11.0. The van der Waals surface area contributed by atoms with Gasteiger partial charge in [-0.1, -0.05) is 18.2 Å². The summed E-state index contributed by atoms with van der Waals surface area (Å²) in [6.07, 6.45) is 1.81. The van der Waals surface area contributed by atoms with Crippen LogP contribution >= 0.6 is 0 Å². The first-order chi connectivity index (χ1) is 6.88. The van der Waals surface area contributed by atoms with Crippen LogP contribution in [-0.4, -0.2) is 21.6 Å². The Balaban J connectivity index is -0.000000257. The maximum atomic E-state index is 7.75. The van der Waals surface area contributed by atoms with Crippen LogP contribution in [0.5, 0.6) is 0 Å². The van der Waals surface area contributed by atoms with Crippen LogP contribution in [0.2, 0.25) is 0 Å². The minimum Gasteiger partial charge on any atom is -0.545 e. The topological polar surface area (TPSA) is 52.1 Å². The molecule has 1 aromatic carbocycles. The zero-order valence-corrected chi connectivity index (χ0v) is 11.6.